The Morgan fingerprint density at radius 1 is 1.04 bits per heavy atom. The van der Waals surface area contributed by atoms with Gasteiger partial charge < -0.3 is 4.74 Å². The Balaban J connectivity index is 2.04. The summed E-state index contributed by atoms with van der Waals surface area (Å²) in [4.78, 5) is 4.86. The third-order valence-corrected chi connectivity index (χ3v) is 5.31. The first-order valence-corrected chi connectivity index (χ1v) is 9.44. The summed E-state index contributed by atoms with van der Waals surface area (Å²) >= 11 is 5.67. The zero-order chi connectivity index (χ0) is 18.1. The molecule has 3 aromatic rings. The Labute approximate surface area is 159 Å². The van der Waals surface area contributed by atoms with Gasteiger partial charge in [0.05, 0.1) is 7.11 Å². The van der Waals surface area contributed by atoms with Gasteiger partial charge in [-0.15, -0.1) is 0 Å². The fourth-order valence-electron chi connectivity index (χ4n) is 3.71. The molecule has 0 radical (unpaired) electrons. The molecule has 0 N–H and O–H groups in total. The summed E-state index contributed by atoms with van der Waals surface area (Å²) in [6.07, 6.45) is 4.43. The molecular formula is C22H22N2OS. The number of rotatable bonds is 3. The van der Waals surface area contributed by atoms with Gasteiger partial charge in [-0.05, 0) is 62.4 Å². The number of aryl methyl sites for hydroxylation is 1. The summed E-state index contributed by atoms with van der Waals surface area (Å²) in [6, 6.07) is 16.6. The standard InChI is InChI=1S/C22H22N2OS/c1-15-7-5-9-17(13-15)24-20-12-4-3-11-19(20)22(26)23-21(24)16-8-6-10-18(14-16)25-2/h5-10,13-14H,3-4,11-12H2,1-2H3. The van der Waals surface area contributed by atoms with Gasteiger partial charge >= 0.3 is 0 Å². The molecule has 0 saturated heterocycles. The first-order chi connectivity index (χ1) is 12.7. The predicted molar refractivity (Wildman–Crippen MR) is 108 cm³/mol. The third-order valence-electron chi connectivity index (χ3n) is 4.97. The van der Waals surface area contributed by atoms with Crippen LogP contribution in [0.5, 0.6) is 5.75 Å². The van der Waals surface area contributed by atoms with Crippen LogP contribution < -0.4 is 4.74 Å². The van der Waals surface area contributed by atoms with Gasteiger partial charge in [-0.3, -0.25) is 4.57 Å². The second kappa shape index (κ2) is 7.04. The second-order valence-corrected chi connectivity index (χ2v) is 7.17. The molecule has 2 aromatic carbocycles. The van der Waals surface area contributed by atoms with Crippen LogP contribution in [-0.4, -0.2) is 16.7 Å². The monoisotopic (exact) mass is 362 g/mol. The van der Waals surface area contributed by atoms with E-state index in [4.69, 9.17) is 21.9 Å². The Bertz CT molecular complexity index is 1020. The molecule has 0 spiro atoms. The largest absolute Gasteiger partial charge is 0.497 e. The zero-order valence-electron chi connectivity index (χ0n) is 15.2. The van der Waals surface area contributed by atoms with Crippen molar-refractivity contribution in [3.05, 3.63) is 70.0 Å². The van der Waals surface area contributed by atoms with Crippen LogP contribution >= 0.6 is 12.2 Å². The maximum absolute atomic E-state index is 5.67. The number of hydrogen-bond donors (Lipinski definition) is 0. The van der Waals surface area contributed by atoms with Crippen LogP contribution in [0.25, 0.3) is 17.1 Å². The highest BCUT2D eigenvalue weighted by molar-refractivity contribution is 7.71. The minimum absolute atomic E-state index is 0.737. The highest BCUT2D eigenvalue weighted by Crippen LogP contribution is 2.31. The van der Waals surface area contributed by atoms with E-state index in [1.54, 1.807) is 7.11 Å². The second-order valence-electron chi connectivity index (χ2n) is 6.78. The molecule has 0 atom stereocenters. The molecule has 1 heterocycles. The van der Waals surface area contributed by atoms with Crippen molar-refractivity contribution in [2.45, 2.75) is 32.6 Å². The number of aromatic nitrogens is 2. The van der Waals surface area contributed by atoms with Crippen molar-refractivity contribution in [2.24, 2.45) is 0 Å². The van der Waals surface area contributed by atoms with E-state index in [1.165, 1.54) is 29.7 Å². The van der Waals surface area contributed by atoms with Crippen LogP contribution in [0.2, 0.25) is 0 Å². The molecule has 132 valence electrons. The van der Waals surface area contributed by atoms with Gasteiger partial charge in [-0.25, -0.2) is 4.98 Å². The molecule has 0 aliphatic heterocycles. The van der Waals surface area contributed by atoms with Crippen LogP contribution in [0.15, 0.2) is 48.5 Å². The van der Waals surface area contributed by atoms with Crippen LogP contribution in [0.4, 0.5) is 0 Å². The molecule has 0 saturated carbocycles. The Hall–Kier alpha value is -2.46. The number of nitrogens with zero attached hydrogens (tertiary/aromatic N) is 2. The van der Waals surface area contributed by atoms with Crippen molar-refractivity contribution in [1.82, 2.24) is 9.55 Å². The maximum Gasteiger partial charge on any atom is 0.146 e. The minimum atomic E-state index is 0.737. The first kappa shape index (κ1) is 17.0. The van der Waals surface area contributed by atoms with Crippen molar-refractivity contribution in [3.8, 4) is 22.8 Å². The predicted octanol–water partition coefficient (Wildman–Crippen LogP) is 5.46. The Kier molecular flexibility index (Phi) is 4.60. The molecule has 1 aliphatic carbocycles. The normalized spacial score (nSPS) is 13.3. The van der Waals surface area contributed by atoms with Crippen LogP contribution in [0.1, 0.15) is 29.7 Å². The summed E-state index contributed by atoms with van der Waals surface area (Å²) < 4.78 is 8.46. The number of hydrogen-bond acceptors (Lipinski definition) is 3. The van der Waals surface area contributed by atoms with Crippen LogP contribution in [-0.2, 0) is 12.8 Å². The van der Waals surface area contributed by atoms with Crippen molar-refractivity contribution in [3.63, 3.8) is 0 Å². The lowest BCUT2D eigenvalue weighted by molar-refractivity contribution is 0.415. The van der Waals surface area contributed by atoms with E-state index >= 15 is 0 Å². The molecule has 0 amide bonds. The molecule has 0 unspecified atom stereocenters. The molecular weight excluding hydrogens is 340 g/mol. The lowest BCUT2D eigenvalue weighted by Gasteiger charge is -2.25. The zero-order valence-corrected chi connectivity index (χ0v) is 16.0. The molecule has 26 heavy (non-hydrogen) atoms. The van der Waals surface area contributed by atoms with E-state index in [0.29, 0.717) is 0 Å². The smallest absolute Gasteiger partial charge is 0.146 e. The van der Waals surface area contributed by atoms with Crippen molar-refractivity contribution < 1.29 is 4.74 Å². The molecule has 1 aliphatic rings. The molecule has 3 nitrogen and oxygen atoms in total. The topological polar surface area (TPSA) is 27.1 Å². The van der Waals surface area contributed by atoms with Crippen LogP contribution in [0.3, 0.4) is 0 Å². The fourth-order valence-corrected chi connectivity index (χ4v) is 4.02. The highest BCUT2D eigenvalue weighted by atomic mass is 32.1. The van der Waals surface area contributed by atoms with Gasteiger partial charge in [0.1, 0.15) is 16.2 Å². The number of fused-ring (bicyclic) bond motifs is 1. The fraction of sp³-hybridized carbons (Fsp3) is 0.273. The quantitative estimate of drug-likeness (QED) is 0.579. The summed E-state index contributed by atoms with van der Waals surface area (Å²) in [7, 11) is 1.69. The number of methoxy groups -OCH3 is 1. The van der Waals surface area contributed by atoms with E-state index in [1.807, 2.05) is 18.2 Å². The van der Waals surface area contributed by atoms with E-state index in [-0.39, 0.29) is 0 Å². The highest BCUT2D eigenvalue weighted by Gasteiger charge is 2.20. The van der Waals surface area contributed by atoms with Gasteiger partial charge in [0.2, 0.25) is 0 Å². The van der Waals surface area contributed by atoms with Gasteiger partial charge in [-0.1, -0.05) is 36.5 Å². The SMILES string of the molecule is COc1cccc(-c2nc(=S)c3c(n2-c2cccc(C)c2)CCCC3)c1. The van der Waals surface area contributed by atoms with Gasteiger partial charge in [0.25, 0.3) is 0 Å². The van der Waals surface area contributed by atoms with E-state index in [0.717, 1.165) is 40.3 Å². The van der Waals surface area contributed by atoms with Crippen molar-refractivity contribution >= 4 is 12.2 Å². The molecule has 0 fully saturated rings. The Morgan fingerprint density at radius 2 is 1.85 bits per heavy atom. The third kappa shape index (κ3) is 3.06. The van der Waals surface area contributed by atoms with Gasteiger partial charge in [-0.2, -0.15) is 0 Å². The summed E-state index contributed by atoms with van der Waals surface area (Å²) in [5, 5.41) is 0. The molecule has 1 aromatic heterocycles. The molecule has 0 bridgehead atoms. The van der Waals surface area contributed by atoms with Crippen LogP contribution in [0, 0.1) is 11.6 Å². The van der Waals surface area contributed by atoms with E-state index < -0.39 is 0 Å². The average Bonchev–Trinajstić information content (AvgIpc) is 2.68. The lowest BCUT2D eigenvalue weighted by atomic mass is 9.96. The van der Waals surface area contributed by atoms with Gasteiger partial charge in [0, 0.05) is 22.5 Å². The lowest BCUT2D eigenvalue weighted by Crippen LogP contribution is -2.17. The van der Waals surface area contributed by atoms with E-state index in [2.05, 4.69) is 41.8 Å². The van der Waals surface area contributed by atoms with Crippen molar-refractivity contribution in [2.75, 3.05) is 7.11 Å². The first-order valence-electron chi connectivity index (χ1n) is 9.03. The van der Waals surface area contributed by atoms with Gasteiger partial charge in [0.15, 0.2) is 0 Å². The van der Waals surface area contributed by atoms with Crippen molar-refractivity contribution in [1.29, 1.82) is 0 Å². The summed E-state index contributed by atoms with van der Waals surface area (Å²) in [6.45, 7) is 2.12. The average molecular weight is 362 g/mol. The molecule has 4 rings (SSSR count). The summed E-state index contributed by atoms with van der Waals surface area (Å²) in [5.41, 5.74) is 5.94. The van der Waals surface area contributed by atoms with E-state index in [9.17, 15) is 0 Å². The molecule has 4 heteroatoms. The number of benzene rings is 2. The summed E-state index contributed by atoms with van der Waals surface area (Å²) in [5.74, 6) is 1.71. The minimum Gasteiger partial charge on any atom is -0.497 e. The number of ether oxygens (including phenoxy) is 1. The Morgan fingerprint density at radius 3 is 2.65 bits per heavy atom. The maximum atomic E-state index is 5.67.